The standard InChI is InChI=1S/C26H27ClN4O5S/c1-4-36-24-12-10-23(11-13-24)31(37(34,35)25-14-8-21(27)9-15-25)17-26(33)30-29-18(2)20-6-5-7-22(16-20)28-19(3)32/h5-16H,4,17H2,1-3H3,(H,28,32)(H,30,33)/b29-18-. The highest BCUT2D eigenvalue weighted by Crippen LogP contribution is 2.26. The highest BCUT2D eigenvalue weighted by atomic mass is 35.5. The number of ether oxygens (including phenoxy) is 1. The minimum Gasteiger partial charge on any atom is -0.494 e. The van der Waals surface area contributed by atoms with E-state index in [1.165, 1.54) is 31.2 Å². The number of sulfonamides is 1. The van der Waals surface area contributed by atoms with Gasteiger partial charge in [0.2, 0.25) is 5.91 Å². The zero-order valence-corrected chi connectivity index (χ0v) is 22.1. The quantitative estimate of drug-likeness (QED) is 0.290. The lowest BCUT2D eigenvalue weighted by atomic mass is 10.1. The lowest BCUT2D eigenvalue weighted by Gasteiger charge is -2.24. The molecule has 0 aliphatic rings. The Balaban J connectivity index is 1.85. The predicted molar refractivity (Wildman–Crippen MR) is 145 cm³/mol. The molecule has 2 N–H and O–H groups in total. The van der Waals surface area contributed by atoms with E-state index in [1.807, 2.05) is 6.92 Å². The first-order valence-electron chi connectivity index (χ1n) is 11.3. The summed E-state index contributed by atoms with van der Waals surface area (Å²) in [5, 5.41) is 7.18. The lowest BCUT2D eigenvalue weighted by molar-refractivity contribution is -0.119. The number of amides is 2. The molecule has 194 valence electrons. The Kier molecular flexibility index (Phi) is 9.26. The molecule has 11 heteroatoms. The van der Waals surface area contributed by atoms with E-state index < -0.39 is 22.5 Å². The first kappa shape index (κ1) is 27.7. The lowest BCUT2D eigenvalue weighted by Crippen LogP contribution is -2.39. The fourth-order valence-electron chi connectivity index (χ4n) is 3.33. The van der Waals surface area contributed by atoms with E-state index in [4.69, 9.17) is 16.3 Å². The fourth-order valence-corrected chi connectivity index (χ4v) is 4.87. The summed E-state index contributed by atoms with van der Waals surface area (Å²) >= 11 is 5.92. The van der Waals surface area contributed by atoms with Gasteiger partial charge in [-0.05, 0) is 80.1 Å². The number of hydrogen-bond donors (Lipinski definition) is 2. The number of carbonyl (C=O) groups excluding carboxylic acids is 2. The van der Waals surface area contributed by atoms with Crippen LogP contribution in [-0.4, -0.2) is 39.1 Å². The van der Waals surface area contributed by atoms with Crippen LogP contribution in [0.5, 0.6) is 5.75 Å². The number of halogens is 1. The SMILES string of the molecule is CCOc1ccc(N(CC(=O)N/N=C(/C)c2cccc(NC(C)=O)c2)S(=O)(=O)c2ccc(Cl)cc2)cc1. The Morgan fingerprint density at radius 2 is 1.68 bits per heavy atom. The van der Waals surface area contributed by atoms with Crippen LogP contribution >= 0.6 is 11.6 Å². The van der Waals surface area contributed by atoms with Crippen LogP contribution in [0.2, 0.25) is 5.02 Å². The maximum absolute atomic E-state index is 13.5. The molecule has 0 spiro atoms. The Morgan fingerprint density at radius 1 is 1.00 bits per heavy atom. The first-order valence-corrected chi connectivity index (χ1v) is 13.1. The van der Waals surface area contributed by atoms with E-state index in [2.05, 4.69) is 15.8 Å². The van der Waals surface area contributed by atoms with Crippen molar-refractivity contribution in [3.05, 3.63) is 83.4 Å². The number of hydrazone groups is 1. The Bertz CT molecular complexity index is 1390. The second-order valence-corrected chi connectivity index (χ2v) is 10.2. The highest BCUT2D eigenvalue weighted by molar-refractivity contribution is 7.92. The third kappa shape index (κ3) is 7.55. The number of hydrogen-bond acceptors (Lipinski definition) is 6. The van der Waals surface area contributed by atoms with Gasteiger partial charge in [0.15, 0.2) is 0 Å². The summed E-state index contributed by atoms with van der Waals surface area (Å²) in [5.41, 5.74) is 4.41. The number of anilines is 2. The second-order valence-electron chi connectivity index (χ2n) is 7.89. The summed E-state index contributed by atoms with van der Waals surface area (Å²) in [6, 6.07) is 19.0. The average molecular weight is 543 g/mol. The summed E-state index contributed by atoms with van der Waals surface area (Å²) < 4.78 is 33.4. The maximum Gasteiger partial charge on any atom is 0.264 e. The van der Waals surface area contributed by atoms with Crippen LogP contribution in [0.1, 0.15) is 26.3 Å². The van der Waals surface area contributed by atoms with Crippen molar-refractivity contribution in [3.8, 4) is 5.75 Å². The Labute approximate surface area is 221 Å². The van der Waals surface area contributed by atoms with Crippen molar-refractivity contribution in [2.45, 2.75) is 25.7 Å². The molecule has 37 heavy (non-hydrogen) atoms. The molecule has 3 aromatic rings. The fraction of sp³-hybridized carbons (Fsp3) is 0.192. The molecular formula is C26H27ClN4O5S. The van der Waals surface area contributed by atoms with Gasteiger partial charge in [0, 0.05) is 17.6 Å². The van der Waals surface area contributed by atoms with E-state index in [1.54, 1.807) is 55.5 Å². The van der Waals surface area contributed by atoms with Crippen LogP contribution in [0.15, 0.2) is 82.8 Å². The van der Waals surface area contributed by atoms with Crippen molar-refractivity contribution in [1.29, 1.82) is 0 Å². The van der Waals surface area contributed by atoms with Crippen molar-refractivity contribution in [3.63, 3.8) is 0 Å². The van der Waals surface area contributed by atoms with Crippen molar-refractivity contribution < 1.29 is 22.7 Å². The summed E-state index contributed by atoms with van der Waals surface area (Å²) in [7, 11) is -4.11. The molecule has 0 aromatic heterocycles. The molecule has 0 radical (unpaired) electrons. The molecule has 0 heterocycles. The van der Waals surface area contributed by atoms with Gasteiger partial charge in [-0.2, -0.15) is 5.10 Å². The number of nitrogens with one attached hydrogen (secondary N) is 2. The Hall–Kier alpha value is -3.89. The van der Waals surface area contributed by atoms with Crippen molar-refractivity contribution in [2.24, 2.45) is 5.10 Å². The number of carbonyl (C=O) groups is 2. The van der Waals surface area contributed by atoms with Crippen LogP contribution in [0, 0.1) is 0 Å². The molecule has 0 fully saturated rings. The molecule has 3 rings (SSSR count). The topological polar surface area (TPSA) is 117 Å². The number of nitrogens with zero attached hydrogens (tertiary/aromatic N) is 2. The van der Waals surface area contributed by atoms with Crippen molar-refractivity contribution >= 4 is 50.5 Å². The Morgan fingerprint density at radius 3 is 2.30 bits per heavy atom. The molecule has 0 bridgehead atoms. The van der Waals surface area contributed by atoms with Crippen LogP contribution in [0.4, 0.5) is 11.4 Å². The molecule has 0 aliphatic carbocycles. The van der Waals surface area contributed by atoms with Gasteiger partial charge < -0.3 is 10.1 Å². The van der Waals surface area contributed by atoms with Gasteiger partial charge in [-0.3, -0.25) is 13.9 Å². The van der Waals surface area contributed by atoms with E-state index in [9.17, 15) is 18.0 Å². The van der Waals surface area contributed by atoms with Gasteiger partial charge >= 0.3 is 0 Å². The zero-order chi connectivity index (χ0) is 27.0. The number of rotatable bonds is 10. The minimum atomic E-state index is -4.11. The van der Waals surface area contributed by atoms with E-state index >= 15 is 0 Å². The molecule has 0 saturated carbocycles. The molecule has 9 nitrogen and oxygen atoms in total. The third-order valence-electron chi connectivity index (χ3n) is 5.07. The van der Waals surface area contributed by atoms with Crippen LogP contribution in [0.3, 0.4) is 0 Å². The largest absolute Gasteiger partial charge is 0.494 e. The van der Waals surface area contributed by atoms with Crippen LogP contribution in [-0.2, 0) is 19.6 Å². The molecule has 2 amide bonds. The normalized spacial score (nSPS) is 11.5. The average Bonchev–Trinajstić information content (AvgIpc) is 2.86. The second kappa shape index (κ2) is 12.4. The van der Waals surface area contributed by atoms with Gasteiger partial charge in [-0.15, -0.1) is 0 Å². The molecule has 3 aromatic carbocycles. The van der Waals surface area contributed by atoms with Gasteiger partial charge in [0.1, 0.15) is 12.3 Å². The molecule has 0 aliphatic heterocycles. The molecule has 0 saturated heterocycles. The molecular weight excluding hydrogens is 516 g/mol. The van der Waals surface area contributed by atoms with E-state index in [0.717, 1.165) is 4.31 Å². The summed E-state index contributed by atoms with van der Waals surface area (Å²) in [5.74, 6) is -0.290. The summed E-state index contributed by atoms with van der Waals surface area (Å²) in [6.45, 7) is 4.86. The van der Waals surface area contributed by atoms with Gasteiger partial charge in [0.05, 0.1) is 22.9 Å². The first-order chi connectivity index (χ1) is 17.6. The van der Waals surface area contributed by atoms with Crippen molar-refractivity contribution in [2.75, 3.05) is 22.8 Å². The van der Waals surface area contributed by atoms with Crippen molar-refractivity contribution in [1.82, 2.24) is 5.43 Å². The zero-order valence-electron chi connectivity index (χ0n) is 20.6. The predicted octanol–water partition coefficient (Wildman–Crippen LogP) is 4.43. The van der Waals surface area contributed by atoms with Crippen LogP contribution in [0.25, 0.3) is 0 Å². The van der Waals surface area contributed by atoms with Gasteiger partial charge in [0.25, 0.3) is 15.9 Å². The smallest absolute Gasteiger partial charge is 0.264 e. The summed E-state index contributed by atoms with van der Waals surface area (Å²) in [4.78, 5) is 24.1. The maximum atomic E-state index is 13.5. The van der Waals surface area contributed by atoms with E-state index in [-0.39, 0.29) is 16.5 Å². The monoisotopic (exact) mass is 542 g/mol. The highest BCUT2D eigenvalue weighted by Gasteiger charge is 2.27. The van der Waals surface area contributed by atoms with Crippen LogP contribution < -0.4 is 19.8 Å². The third-order valence-corrected chi connectivity index (χ3v) is 7.11. The minimum absolute atomic E-state index is 0.0203. The summed E-state index contributed by atoms with van der Waals surface area (Å²) in [6.07, 6.45) is 0. The van der Waals surface area contributed by atoms with E-state index in [0.29, 0.717) is 34.3 Å². The van der Waals surface area contributed by atoms with Gasteiger partial charge in [-0.1, -0.05) is 23.7 Å². The van der Waals surface area contributed by atoms with Gasteiger partial charge in [-0.25, -0.2) is 13.8 Å². The number of benzene rings is 3. The molecule has 0 atom stereocenters. The molecule has 0 unspecified atom stereocenters.